The Morgan fingerprint density at radius 2 is 2.00 bits per heavy atom. The van der Waals surface area contributed by atoms with E-state index in [1.54, 1.807) is 11.8 Å². The third-order valence-electron chi connectivity index (χ3n) is 3.86. The van der Waals surface area contributed by atoms with Crippen LogP contribution in [0, 0.1) is 6.92 Å². The Bertz CT molecular complexity index is 392. The van der Waals surface area contributed by atoms with E-state index >= 15 is 0 Å². The van der Waals surface area contributed by atoms with Crippen LogP contribution >= 0.6 is 11.6 Å². The van der Waals surface area contributed by atoms with Crippen molar-refractivity contribution in [3.8, 4) is 0 Å². The minimum atomic E-state index is -0.593. The van der Waals surface area contributed by atoms with Gasteiger partial charge in [0.2, 0.25) is 0 Å². The average molecular weight is 275 g/mol. The first-order chi connectivity index (χ1) is 8.41. The molecule has 1 aromatic rings. The second-order valence-corrected chi connectivity index (χ2v) is 5.04. The van der Waals surface area contributed by atoms with Gasteiger partial charge in [0.05, 0.1) is 28.1 Å². The molecule has 0 saturated heterocycles. The second kappa shape index (κ2) is 6.04. The Kier molecular flexibility index (Phi) is 5.20. The SMILES string of the molecule is CCC(CC)(OC)C(O)Cc1c(Cl)c(C)nn1C. The summed E-state index contributed by atoms with van der Waals surface area (Å²) in [5.41, 5.74) is 1.13. The number of methoxy groups -OCH3 is 1. The van der Waals surface area contributed by atoms with Gasteiger partial charge in [-0.2, -0.15) is 5.10 Å². The molecule has 18 heavy (non-hydrogen) atoms. The molecule has 1 aromatic heterocycles. The first kappa shape index (κ1) is 15.5. The predicted octanol–water partition coefficient (Wildman–Crippen LogP) is 2.49. The standard InChI is InChI=1S/C13H23ClN2O2/c1-6-13(7-2,18-5)11(17)8-10-12(14)9(3)15-16(10)4/h11,17H,6-8H2,1-5H3. The minimum Gasteiger partial charge on any atom is -0.390 e. The van der Waals surface area contributed by atoms with E-state index in [-0.39, 0.29) is 0 Å². The maximum atomic E-state index is 10.4. The van der Waals surface area contributed by atoms with Crippen molar-refractivity contribution in [2.45, 2.75) is 51.7 Å². The number of hydrogen-bond acceptors (Lipinski definition) is 3. The van der Waals surface area contributed by atoms with Gasteiger partial charge in [-0.15, -0.1) is 0 Å². The summed E-state index contributed by atoms with van der Waals surface area (Å²) in [7, 11) is 3.49. The molecule has 0 radical (unpaired) electrons. The first-order valence-electron chi connectivity index (χ1n) is 6.33. The summed E-state index contributed by atoms with van der Waals surface area (Å²) in [6.07, 6.45) is 1.38. The number of aliphatic hydroxyl groups excluding tert-OH is 1. The van der Waals surface area contributed by atoms with Gasteiger partial charge in [0.1, 0.15) is 0 Å². The lowest BCUT2D eigenvalue weighted by atomic mass is 9.87. The zero-order chi connectivity index (χ0) is 13.9. The molecule has 4 nitrogen and oxygen atoms in total. The van der Waals surface area contributed by atoms with E-state index in [1.165, 1.54) is 0 Å². The maximum absolute atomic E-state index is 10.4. The zero-order valence-electron chi connectivity index (χ0n) is 11.8. The van der Waals surface area contributed by atoms with Crippen LogP contribution in [0.2, 0.25) is 5.02 Å². The largest absolute Gasteiger partial charge is 0.390 e. The third-order valence-corrected chi connectivity index (χ3v) is 4.35. The van der Waals surface area contributed by atoms with Crippen LogP contribution in [-0.4, -0.2) is 33.7 Å². The van der Waals surface area contributed by atoms with Gasteiger partial charge in [-0.1, -0.05) is 25.4 Å². The number of aromatic nitrogens is 2. The monoisotopic (exact) mass is 274 g/mol. The van der Waals surface area contributed by atoms with Crippen molar-refractivity contribution in [1.29, 1.82) is 0 Å². The Hall–Kier alpha value is -0.580. The fraction of sp³-hybridized carbons (Fsp3) is 0.769. The van der Waals surface area contributed by atoms with Crippen LogP contribution in [0.1, 0.15) is 38.1 Å². The molecule has 0 saturated carbocycles. The summed E-state index contributed by atoms with van der Waals surface area (Å²) in [6.45, 7) is 5.90. The van der Waals surface area contributed by atoms with Gasteiger partial charge in [0.25, 0.3) is 0 Å². The predicted molar refractivity (Wildman–Crippen MR) is 73.0 cm³/mol. The molecular formula is C13H23ClN2O2. The summed E-state index contributed by atoms with van der Waals surface area (Å²) in [5, 5.41) is 15.3. The van der Waals surface area contributed by atoms with Gasteiger partial charge in [-0.25, -0.2) is 0 Å². The zero-order valence-corrected chi connectivity index (χ0v) is 12.6. The summed E-state index contributed by atoms with van der Waals surface area (Å²) in [4.78, 5) is 0. The fourth-order valence-electron chi connectivity index (χ4n) is 2.42. The highest BCUT2D eigenvalue weighted by molar-refractivity contribution is 6.31. The molecule has 0 bridgehead atoms. The molecule has 0 fully saturated rings. The second-order valence-electron chi connectivity index (χ2n) is 4.67. The van der Waals surface area contributed by atoms with Gasteiger partial charge in [-0.3, -0.25) is 4.68 Å². The van der Waals surface area contributed by atoms with Crippen LogP contribution in [0.4, 0.5) is 0 Å². The average Bonchev–Trinajstić information content (AvgIpc) is 2.59. The molecule has 1 unspecified atom stereocenters. The summed E-state index contributed by atoms with van der Waals surface area (Å²) < 4.78 is 7.26. The van der Waals surface area contributed by atoms with Gasteiger partial charge in [0.15, 0.2) is 0 Å². The van der Waals surface area contributed by atoms with Crippen LogP contribution in [0.15, 0.2) is 0 Å². The van der Waals surface area contributed by atoms with Gasteiger partial charge < -0.3 is 9.84 Å². The fourth-order valence-corrected chi connectivity index (χ4v) is 2.65. The smallest absolute Gasteiger partial charge is 0.0935 e. The molecule has 0 aliphatic heterocycles. The molecule has 5 heteroatoms. The number of halogens is 1. The molecule has 0 aliphatic carbocycles. The Morgan fingerprint density at radius 1 is 1.44 bits per heavy atom. The number of aliphatic hydroxyl groups is 1. The lowest BCUT2D eigenvalue weighted by Crippen LogP contribution is -2.44. The minimum absolute atomic E-state index is 0.450. The highest BCUT2D eigenvalue weighted by atomic mass is 35.5. The Balaban J connectivity index is 2.96. The summed E-state index contributed by atoms with van der Waals surface area (Å²) in [6, 6.07) is 0. The normalized spacial score (nSPS) is 13.9. The van der Waals surface area contributed by atoms with Crippen molar-refractivity contribution in [2.24, 2.45) is 7.05 Å². The number of ether oxygens (including phenoxy) is 1. The molecular weight excluding hydrogens is 252 g/mol. The van der Waals surface area contributed by atoms with Crippen LogP contribution in [0.5, 0.6) is 0 Å². The van der Waals surface area contributed by atoms with Crippen molar-refractivity contribution >= 4 is 11.6 Å². The highest BCUT2D eigenvalue weighted by Crippen LogP contribution is 2.29. The van der Waals surface area contributed by atoms with Crippen LogP contribution in [0.25, 0.3) is 0 Å². The van der Waals surface area contributed by atoms with E-state index in [4.69, 9.17) is 16.3 Å². The number of rotatable bonds is 6. The molecule has 0 amide bonds. The van der Waals surface area contributed by atoms with E-state index < -0.39 is 11.7 Å². The molecule has 1 N–H and O–H groups in total. The Labute approximate surface area is 114 Å². The van der Waals surface area contributed by atoms with E-state index in [1.807, 2.05) is 27.8 Å². The summed E-state index contributed by atoms with van der Waals surface area (Å²) >= 11 is 6.20. The van der Waals surface area contributed by atoms with Crippen molar-refractivity contribution < 1.29 is 9.84 Å². The molecule has 1 heterocycles. The van der Waals surface area contributed by atoms with E-state index in [2.05, 4.69) is 5.10 Å². The highest BCUT2D eigenvalue weighted by Gasteiger charge is 2.35. The summed E-state index contributed by atoms with van der Waals surface area (Å²) in [5.74, 6) is 0. The molecule has 0 spiro atoms. The molecule has 1 atom stereocenters. The van der Waals surface area contributed by atoms with E-state index in [9.17, 15) is 5.11 Å². The van der Waals surface area contributed by atoms with Crippen molar-refractivity contribution in [3.63, 3.8) is 0 Å². The first-order valence-corrected chi connectivity index (χ1v) is 6.70. The molecule has 0 aliphatic rings. The number of hydrogen-bond donors (Lipinski definition) is 1. The van der Waals surface area contributed by atoms with Gasteiger partial charge in [0, 0.05) is 20.6 Å². The molecule has 1 rings (SSSR count). The third kappa shape index (κ3) is 2.71. The van der Waals surface area contributed by atoms with Crippen LogP contribution < -0.4 is 0 Å². The number of aryl methyl sites for hydroxylation is 2. The van der Waals surface area contributed by atoms with Gasteiger partial charge in [-0.05, 0) is 19.8 Å². The lowest BCUT2D eigenvalue weighted by Gasteiger charge is -2.35. The quantitative estimate of drug-likeness (QED) is 0.867. The topological polar surface area (TPSA) is 47.3 Å². The van der Waals surface area contributed by atoms with Crippen molar-refractivity contribution in [3.05, 3.63) is 16.4 Å². The van der Waals surface area contributed by atoms with E-state index in [0.29, 0.717) is 11.4 Å². The van der Waals surface area contributed by atoms with Crippen molar-refractivity contribution in [2.75, 3.05) is 7.11 Å². The molecule has 0 aromatic carbocycles. The van der Waals surface area contributed by atoms with Gasteiger partial charge >= 0.3 is 0 Å². The Morgan fingerprint density at radius 3 is 2.33 bits per heavy atom. The van der Waals surface area contributed by atoms with Crippen LogP contribution in [0.3, 0.4) is 0 Å². The maximum Gasteiger partial charge on any atom is 0.0935 e. The van der Waals surface area contributed by atoms with Crippen molar-refractivity contribution in [1.82, 2.24) is 9.78 Å². The lowest BCUT2D eigenvalue weighted by molar-refractivity contribution is -0.107. The molecule has 104 valence electrons. The van der Waals surface area contributed by atoms with E-state index in [0.717, 1.165) is 24.2 Å². The number of nitrogens with zero attached hydrogens (tertiary/aromatic N) is 2. The van der Waals surface area contributed by atoms with Crippen LogP contribution in [-0.2, 0) is 18.2 Å².